The first-order chi connectivity index (χ1) is 14.3. The fourth-order valence-electron chi connectivity index (χ4n) is 3.33. The second kappa shape index (κ2) is 8.74. The van der Waals surface area contributed by atoms with Gasteiger partial charge in [-0.2, -0.15) is 21.6 Å². The molecular formula is C17H18F6N4O3S. The summed E-state index contributed by atoms with van der Waals surface area (Å²) in [6, 6.07) is 0.989. The summed E-state index contributed by atoms with van der Waals surface area (Å²) in [5.74, 6) is -4.70. The summed E-state index contributed by atoms with van der Waals surface area (Å²) in [6.07, 6.45) is -5.25. The largest absolute Gasteiger partial charge is 0.451 e. The van der Waals surface area contributed by atoms with Crippen LogP contribution in [0.5, 0.6) is 0 Å². The van der Waals surface area contributed by atoms with Gasteiger partial charge in [0.2, 0.25) is 5.82 Å². The summed E-state index contributed by atoms with van der Waals surface area (Å²) in [5, 5.41) is 6.73. The van der Waals surface area contributed by atoms with Crippen LogP contribution >= 0.6 is 0 Å². The number of nitrogens with zero attached hydrogens (tertiary/aromatic N) is 4. The smallest absolute Gasteiger partial charge is 0.305 e. The molecule has 0 fully saturated rings. The van der Waals surface area contributed by atoms with E-state index in [1.54, 1.807) is 4.90 Å². The van der Waals surface area contributed by atoms with E-state index in [2.05, 4.69) is 10.2 Å². The Morgan fingerprint density at radius 1 is 1.10 bits per heavy atom. The number of halogens is 6. The first-order valence-electron chi connectivity index (χ1n) is 9.07. The van der Waals surface area contributed by atoms with Crippen LogP contribution < -0.4 is 0 Å². The van der Waals surface area contributed by atoms with Crippen molar-refractivity contribution in [2.24, 2.45) is 0 Å². The van der Waals surface area contributed by atoms with E-state index in [9.17, 15) is 34.8 Å². The Bertz CT molecular complexity index is 1060. The van der Waals surface area contributed by atoms with E-state index in [-0.39, 0.29) is 50.4 Å². The van der Waals surface area contributed by atoms with Crippen LogP contribution in [0.4, 0.5) is 26.3 Å². The van der Waals surface area contributed by atoms with E-state index in [1.807, 2.05) is 0 Å². The fourth-order valence-corrected chi connectivity index (χ4v) is 3.99. The van der Waals surface area contributed by atoms with Crippen molar-refractivity contribution in [3.05, 3.63) is 46.8 Å². The van der Waals surface area contributed by atoms with Crippen LogP contribution in [0.15, 0.2) is 12.1 Å². The predicted molar refractivity (Wildman–Crippen MR) is 94.7 cm³/mol. The van der Waals surface area contributed by atoms with Crippen molar-refractivity contribution in [3.63, 3.8) is 0 Å². The molecule has 31 heavy (non-hydrogen) atoms. The quantitative estimate of drug-likeness (QED) is 0.350. The number of fused-ring (bicyclic) bond motifs is 1. The maximum absolute atomic E-state index is 14.0. The number of rotatable bonds is 7. The topological polar surface area (TPSA) is 77.3 Å². The van der Waals surface area contributed by atoms with Gasteiger partial charge in [0.25, 0.3) is 10.1 Å². The van der Waals surface area contributed by atoms with Crippen molar-refractivity contribution in [2.45, 2.75) is 38.2 Å². The highest BCUT2D eigenvalue weighted by molar-refractivity contribution is 7.86. The maximum atomic E-state index is 14.0. The molecule has 2 heterocycles. The molecule has 14 heteroatoms. The van der Waals surface area contributed by atoms with Crippen molar-refractivity contribution in [1.29, 1.82) is 0 Å². The number of alkyl halides is 3. The third-order valence-corrected chi connectivity index (χ3v) is 5.32. The molecule has 0 radical (unpaired) electrons. The third kappa shape index (κ3) is 5.95. The van der Waals surface area contributed by atoms with E-state index >= 15 is 0 Å². The third-order valence-electron chi connectivity index (χ3n) is 4.70. The summed E-state index contributed by atoms with van der Waals surface area (Å²) < 4.78 is 108. The molecule has 0 aliphatic carbocycles. The van der Waals surface area contributed by atoms with Crippen LogP contribution in [0.1, 0.15) is 23.6 Å². The summed E-state index contributed by atoms with van der Waals surface area (Å²) in [4.78, 5) is 1.71. The molecule has 0 saturated heterocycles. The van der Waals surface area contributed by atoms with Crippen molar-refractivity contribution in [1.82, 2.24) is 19.7 Å². The van der Waals surface area contributed by atoms with E-state index < -0.39 is 45.7 Å². The molecule has 1 aromatic heterocycles. The summed E-state index contributed by atoms with van der Waals surface area (Å²) in [6.45, 7) is 0.403. The lowest BCUT2D eigenvalue weighted by Gasteiger charge is -2.29. The lowest BCUT2D eigenvalue weighted by molar-refractivity contribution is -0.148. The molecule has 1 aliphatic rings. The van der Waals surface area contributed by atoms with Crippen LogP contribution in [0.3, 0.4) is 0 Å². The standard InChI is InChI=1S/C17H18F6N4O3S/c1-31(28,29)30-11(6-10-7-13(19)14(20)8-12(10)18)2-3-26-4-5-27-15(9-26)24-25-16(27)17(21,22)23/h7-8,11H,2-6,9H2,1H3/t11-/m1/s1. The zero-order valence-electron chi connectivity index (χ0n) is 16.2. The summed E-state index contributed by atoms with van der Waals surface area (Å²) in [7, 11) is -3.95. The normalized spacial score (nSPS) is 16.4. The maximum Gasteiger partial charge on any atom is 0.451 e. The lowest BCUT2D eigenvalue weighted by atomic mass is 10.0. The average Bonchev–Trinajstić information content (AvgIpc) is 3.06. The Morgan fingerprint density at radius 2 is 1.77 bits per heavy atom. The van der Waals surface area contributed by atoms with E-state index in [0.717, 1.165) is 10.8 Å². The molecular weight excluding hydrogens is 454 g/mol. The Balaban J connectivity index is 1.69. The average molecular weight is 472 g/mol. The molecule has 0 N–H and O–H groups in total. The van der Waals surface area contributed by atoms with E-state index in [1.165, 1.54) is 0 Å². The van der Waals surface area contributed by atoms with Gasteiger partial charge < -0.3 is 4.57 Å². The van der Waals surface area contributed by atoms with Gasteiger partial charge in [0.15, 0.2) is 11.6 Å². The number of benzene rings is 1. The van der Waals surface area contributed by atoms with Gasteiger partial charge in [-0.25, -0.2) is 13.2 Å². The van der Waals surface area contributed by atoms with Crippen LogP contribution in [0.25, 0.3) is 0 Å². The van der Waals surface area contributed by atoms with Gasteiger partial charge in [-0.15, -0.1) is 10.2 Å². The van der Waals surface area contributed by atoms with Gasteiger partial charge in [-0.1, -0.05) is 0 Å². The van der Waals surface area contributed by atoms with Gasteiger partial charge in [0, 0.05) is 32.1 Å². The Labute approximate surface area is 173 Å². The first kappa shape index (κ1) is 23.5. The highest BCUT2D eigenvalue weighted by Gasteiger charge is 2.39. The minimum atomic E-state index is -4.63. The molecule has 0 spiro atoms. The molecule has 7 nitrogen and oxygen atoms in total. The first-order valence-corrected chi connectivity index (χ1v) is 10.9. The predicted octanol–water partition coefficient (Wildman–Crippen LogP) is 2.51. The van der Waals surface area contributed by atoms with Crippen molar-refractivity contribution in [2.75, 3.05) is 19.3 Å². The molecule has 0 saturated carbocycles. The SMILES string of the molecule is CS(=O)(=O)O[C@H](CCN1CCn2c(nnc2C(F)(F)F)C1)Cc1cc(F)c(F)cc1F. The van der Waals surface area contributed by atoms with Crippen molar-refractivity contribution in [3.8, 4) is 0 Å². The monoisotopic (exact) mass is 472 g/mol. The minimum Gasteiger partial charge on any atom is -0.305 e. The summed E-state index contributed by atoms with van der Waals surface area (Å²) in [5.41, 5.74) is -0.263. The molecule has 1 aromatic carbocycles. The molecule has 1 aliphatic heterocycles. The van der Waals surface area contributed by atoms with Gasteiger partial charge in [-0.3, -0.25) is 9.08 Å². The van der Waals surface area contributed by atoms with Crippen LogP contribution in [-0.4, -0.2) is 53.5 Å². The van der Waals surface area contributed by atoms with Gasteiger partial charge in [-0.05, 0) is 18.1 Å². The molecule has 172 valence electrons. The fraction of sp³-hybridized carbons (Fsp3) is 0.529. The molecule has 0 amide bonds. The van der Waals surface area contributed by atoms with Gasteiger partial charge in [0.05, 0.1) is 18.9 Å². The van der Waals surface area contributed by atoms with E-state index in [4.69, 9.17) is 4.18 Å². The highest BCUT2D eigenvalue weighted by Crippen LogP contribution is 2.29. The minimum absolute atomic E-state index is 0.0213. The zero-order chi connectivity index (χ0) is 23.0. The Hall–Kier alpha value is -2.19. The molecule has 2 aromatic rings. The highest BCUT2D eigenvalue weighted by atomic mass is 32.2. The number of hydrogen-bond donors (Lipinski definition) is 0. The number of aromatic nitrogens is 3. The van der Waals surface area contributed by atoms with Crippen LogP contribution in [0.2, 0.25) is 0 Å². The molecule has 0 bridgehead atoms. The number of hydrogen-bond acceptors (Lipinski definition) is 6. The van der Waals surface area contributed by atoms with Crippen molar-refractivity contribution >= 4 is 10.1 Å². The summed E-state index contributed by atoms with van der Waals surface area (Å²) >= 11 is 0. The second-order valence-corrected chi connectivity index (χ2v) is 8.74. The molecule has 1 atom stereocenters. The zero-order valence-corrected chi connectivity index (χ0v) is 17.0. The second-order valence-electron chi connectivity index (χ2n) is 7.14. The Morgan fingerprint density at radius 3 is 2.42 bits per heavy atom. The van der Waals surface area contributed by atoms with E-state index in [0.29, 0.717) is 12.1 Å². The Kier molecular flexibility index (Phi) is 6.62. The van der Waals surface area contributed by atoms with Crippen LogP contribution in [-0.2, 0) is 40.0 Å². The molecule has 3 rings (SSSR count). The van der Waals surface area contributed by atoms with Gasteiger partial charge in [0.1, 0.15) is 11.6 Å². The van der Waals surface area contributed by atoms with Crippen LogP contribution in [0, 0.1) is 17.5 Å². The molecule has 0 unspecified atom stereocenters. The van der Waals surface area contributed by atoms with Crippen molar-refractivity contribution < 1.29 is 38.9 Å². The lowest BCUT2D eigenvalue weighted by Crippen LogP contribution is -2.37. The van der Waals surface area contributed by atoms with Gasteiger partial charge >= 0.3 is 6.18 Å².